The topological polar surface area (TPSA) is 72.0 Å². The van der Waals surface area contributed by atoms with Gasteiger partial charge in [-0.1, -0.05) is 0 Å². The van der Waals surface area contributed by atoms with Crippen LogP contribution < -0.4 is 4.90 Å². The van der Waals surface area contributed by atoms with Crippen molar-refractivity contribution < 1.29 is 19.1 Å². The Morgan fingerprint density at radius 3 is 2.67 bits per heavy atom. The van der Waals surface area contributed by atoms with E-state index in [1.54, 1.807) is 23.2 Å². The Morgan fingerprint density at radius 2 is 2.07 bits per heavy atom. The highest BCUT2D eigenvalue weighted by Crippen LogP contribution is 2.26. The number of hydrogen-bond donors (Lipinski definition) is 0. The summed E-state index contributed by atoms with van der Waals surface area (Å²) in [5.74, 6) is 0.224. The van der Waals surface area contributed by atoms with E-state index < -0.39 is 5.60 Å². The number of anilines is 1. The molecule has 150 valence electrons. The second-order valence-electron chi connectivity index (χ2n) is 7.98. The molecule has 1 aliphatic heterocycles. The third-order valence-electron chi connectivity index (χ3n) is 4.22. The van der Waals surface area contributed by atoms with E-state index in [0.29, 0.717) is 31.0 Å². The first kappa shape index (κ1) is 21.0. The molecule has 1 aromatic heterocycles. The summed E-state index contributed by atoms with van der Waals surface area (Å²) in [6.45, 7) is 13.0. The summed E-state index contributed by atoms with van der Waals surface area (Å²) in [5, 5.41) is 0. The van der Waals surface area contributed by atoms with Crippen molar-refractivity contribution in [2.24, 2.45) is 0 Å². The van der Waals surface area contributed by atoms with Crippen LogP contribution in [0.4, 0.5) is 10.6 Å². The molecule has 1 fully saturated rings. The normalized spacial score (nSPS) is 17.1. The number of carbonyl (C=O) groups is 2. The summed E-state index contributed by atoms with van der Waals surface area (Å²) in [6, 6.07) is 3.47. The van der Waals surface area contributed by atoms with Gasteiger partial charge in [0, 0.05) is 25.8 Å². The van der Waals surface area contributed by atoms with E-state index >= 15 is 0 Å². The number of pyridine rings is 1. The van der Waals surface area contributed by atoms with Crippen LogP contribution in [-0.4, -0.2) is 59.3 Å². The number of amides is 1. The monoisotopic (exact) mass is 377 g/mol. The van der Waals surface area contributed by atoms with E-state index in [0.717, 1.165) is 6.42 Å². The van der Waals surface area contributed by atoms with Crippen LogP contribution in [0.15, 0.2) is 18.3 Å². The summed E-state index contributed by atoms with van der Waals surface area (Å²) in [7, 11) is 0. The van der Waals surface area contributed by atoms with Crippen molar-refractivity contribution in [3.63, 3.8) is 0 Å². The van der Waals surface area contributed by atoms with E-state index in [1.807, 2.05) is 46.4 Å². The Labute approximate surface area is 161 Å². The van der Waals surface area contributed by atoms with Gasteiger partial charge in [-0.3, -0.25) is 0 Å². The molecule has 1 saturated heterocycles. The van der Waals surface area contributed by atoms with Gasteiger partial charge in [-0.2, -0.15) is 0 Å². The van der Waals surface area contributed by atoms with Crippen LogP contribution in [0, 0.1) is 0 Å². The number of hydrogen-bond acceptors (Lipinski definition) is 6. The molecule has 0 unspecified atom stereocenters. The van der Waals surface area contributed by atoms with Crippen LogP contribution in [0.3, 0.4) is 0 Å². The zero-order valence-electron chi connectivity index (χ0n) is 17.2. The molecule has 0 aromatic carbocycles. The molecule has 0 N–H and O–H groups in total. The molecule has 0 saturated carbocycles. The zero-order valence-corrected chi connectivity index (χ0v) is 17.2. The predicted molar refractivity (Wildman–Crippen MR) is 104 cm³/mol. The first-order valence-corrected chi connectivity index (χ1v) is 9.53. The Hall–Kier alpha value is -2.31. The zero-order chi connectivity index (χ0) is 20.2. The molecule has 27 heavy (non-hydrogen) atoms. The number of esters is 1. The lowest BCUT2D eigenvalue weighted by Gasteiger charge is -2.31. The van der Waals surface area contributed by atoms with Crippen molar-refractivity contribution in [2.75, 3.05) is 24.5 Å². The molecule has 1 aliphatic rings. The van der Waals surface area contributed by atoms with Gasteiger partial charge in [0.05, 0.1) is 12.1 Å². The SMILES string of the molecule is CCN(C(=O)OC(C)(C)C)[C@@H]1CCN(c2ncccc2C(=O)OC(C)C)C1. The summed E-state index contributed by atoms with van der Waals surface area (Å²) in [4.78, 5) is 33.1. The Morgan fingerprint density at radius 1 is 1.37 bits per heavy atom. The second kappa shape index (κ2) is 8.59. The maximum Gasteiger partial charge on any atom is 0.410 e. The van der Waals surface area contributed by atoms with Gasteiger partial charge in [0.15, 0.2) is 0 Å². The number of nitrogens with zero attached hydrogens (tertiary/aromatic N) is 3. The van der Waals surface area contributed by atoms with Crippen molar-refractivity contribution >= 4 is 17.9 Å². The molecule has 2 heterocycles. The number of likely N-dealkylation sites (N-methyl/N-ethyl adjacent to an activating group) is 1. The van der Waals surface area contributed by atoms with Crippen molar-refractivity contribution in [2.45, 2.75) is 65.7 Å². The van der Waals surface area contributed by atoms with Crippen LogP contribution in [0.2, 0.25) is 0 Å². The van der Waals surface area contributed by atoms with Crippen molar-refractivity contribution in [3.8, 4) is 0 Å². The van der Waals surface area contributed by atoms with E-state index in [-0.39, 0.29) is 24.2 Å². The van der Waals surface area contributed by atoms with Gasteiger partial charge in [-0.15, -0.1) is 0 Å². The first-order valence-electron chi connectivity index (χ1n) is 9.53. The lowest BCUT2D eigenvalue weighted by Crippen LogP contribution is -2.44. The van der Waals surface area contributed by atoms with Crippen LogP contribution >= 0.6 is 0 Å². The molecule has 0 spiro atoms. The predicted octanol–water partition coefficient (Wildman–Crippen LogP) is 3.48. The molecule has 0 bridgehead atoms. The van der Waals surface area contributed by atoms with E-state index in [1.165, 1.54) is 0 Å². The Balaban J connectivity index is 2.14. The van der Waals surface area contributed by atoms with Crippen LogP contribution in [-0.2, 0) is 9.47 Å². The first-order chi connectivity index (χ1) is 12.6. The van der Waals surface area contributed by atoms with Crippen LogP contribution in [0.25, 0.3) is 0 Å². The number of ether oxygens (including phenoxy) is 2. The minimum absolute atomic E-state index is 0.0147. The average Bonchev–Trinajstić information content (AvgIpc) is 3.02. The fraction of sp³-hybridized carbons (Fsp3) is 0.650. The lowest BCUT2D eigenvalue weighted by molar-refractivity contribution is 0.0190. The largest absolute Gasteiger partial charge is 0.459 e. The van der Waals surface area contributed by atoms with Crippen molar-refractivity contribution in [1.82, 2.24) is 9.88 Å². The summed E-state index contributed by atoms with van der Waals surface area (Å²) in [5.41, 5.74) is -0.0791. The van der Waals surface area contributed by atoms with Crippen LogP contribution in [0.1, 0.15) is 58.3 Å². The standard InChI is InChI=1S/C20H31N3O4/c1-7-23(19(25)27-20(4,5)6)15-10-12-22(13-15)17-16(9-8-11-21-17)18(24)26-14(2)3/h8-9,11,14-15H,7,10,12-13H2,1-6H3/t15-/m1/s1. The van der Waals surface area contributed by atoms with Gasteiger partial charge in [0.2, 0.25) is 0 Å². The Bertz CT molecular complexity index is 669. The summed E-state index contributed by atoms with van der Waals surface area (Å²) >= 11 is 0. The Kier molecular flexibility index (Phi) is 6.68. The summed E-state index contributed by atoms with van der Waals surface area (Å²) in [6.07, 6.45) is 1.96. The molecule has 7 heteroatoms. The minimum atomic E-state index is -0.530. The number of carbonyl (C=O) groups excluding carboxylic acids is 2. The van der Waals surface area contributed by atoms with E-state index in [4.69, 9.17) is 9.47 Å². The molecule has 1 atom stereocenters. The highest BCUT2D eigenvalue weighted by atomic mass is 16.6. The quantitative estimate of drug-likeness (QED) is 0.732. The van der Waals surface area contributed by atoms with Gasteiger partial charge in [-0.05, 0) is 60.1 Å². The molecule has 0 aliphatic carbocycles. The molecule has 7 nitrogen and oxygen atoms in total. The average molecular weight is 377 g/mol. The molecule has 1 amide bonds. The minimum Gasteiger partial charge on any atom is -0.459 e. The second-order valence-corrected chi connectivity index (χ2v) is 7.98. The van der Waals surface area contributed by atoms with Crippen molar-refractivity contribution in [1.29, 1.82) is 0 Å². The third-order valence-corrected chi connectivity index (χ3v) is 4.22. The number of aromatic nitrogens is 1. The molecular formula is C20H31N3O4. The van der Waals surface area contributed by atoms with E-state index in [2.05, 4.69) is 4.98 Å². The lowest BCUT2D eigenvalue weighted by atomic mass is 10.2. The fourth-order valence-corrected chi connectivity index (χ4v) is 3.13. The van der Waals surface area contributed by atoms with Gasteiger partial charge in [-0.25, -0.2) is 14.6 Å². The smallest absolute Gasteiger partial charge is 0.410 e. The van der Waals surface area contributed by atoms with Gasteiger partial charge in [0.25, 0.3) is 0 Å². The number of rotatable bonds is 5. The van der Waals surface area contributed by atoms with Crippen LogP contribution in [0.5, 0.6) is 0 Å². The van der Waals surface area contributed by atoms with Gasteiger partial charge in [0.1, 0.15) is 17.0 Å². The van der Waals surface area contributed by atoms with Crippen molar-refractivity contribution in [3.05, 3.63) is 23.9 Å². The highest BCUT2D eigenvalue weighted by Gasteiger charge is 2.34. The maximum atomic E-state index is 12.5. The fourth-order valence-electron chi connectivity index (χ4n) is 3.13. The van der Waals surface area contributed by atoms with Gasteiger partial charge >= 0.3 is 12.1 Å². The third kappa shape index (κ3) is 5.58. The molecule has 2 rings (SSSR count). The molecule has 0 radical (unpaired) electrons. The van der Waals surface area contributed by atoms with Gasteiger partial charge < -0.3 is 19.3 Å². The molecule has 1 aromatic rings. The molecular weight excluding hydrogens is 346 g/mol. The maximum absolute atomic E-state index is 12.5. The summed E-state index contributed by atoms with van der Waals surface area (Å²) < 4.78 is 10.9. The van der Waals surface area contributed by atoms with E-state index in [9.17, 15) is 9.59 Å². The highest BCUT2D eigenvalue weighted by molar-refractivity contribution is 5.95.